The topological polar surface area (TPSA) is 57.8 Å². The summed E-state index contributed by atoms with van der Waals surface area (Å²) in [5.74, 6) is 0.793. The molecule has 1 unspecified atom stereocenters. The van der Waals surface area contributed by atoms with E-state index in [0.29, 0.717) is 0 Å². The Bertz CT molecular complexity index is 1140. The van der Waals surface area contributed by atoms with E-state index < -0.39 is 0 Å². The summed E-state index contributed by atoms with van der Waals surface area (Å²) < 4.78 is 0. The Labute approximate surface area is 157 Å². The van der Waals surface area contributed by atoms with E-state index in [1.807, 2.05) is 49.4 Å². The number of H-pyrrole nitrogens is 1. The average Bonchev–Trinajstić information content (AvgIpc) is 3.20. The number of aromatic amines is 1. The van der Waals surface area contributed by atoms with Gasteiger partial charge in [0.15, 0.2) is 11.6 Å². The van der Waals surface area contributed by atoms with Crippen molar-refractivity contribution >= 4 is 23.4 Å². The lowest BCUT2D eigenvalue weighted by atomic mass is 9.80. The molecule has 1 aliphatic heterocycles. The van der Waals surface area contributed by atoms with Gasteiger partial charge in [0.05, 0.1) is 5.70 Å². The lowest BCUT2D eigenvalue weighted by Gasteiger charge is -2.26. The Hall–Kier alpha value is -3.40. The summed E-state index contributed by atoms with van der Waals surface area (Å²) in [6.07, 6.45) is 2.16. The van der Waals surface area contributed by atoms with Crippen LogP contribution in [0.5, 0.6) is 0 Å². The van der Waals surface area contributed by atoms with Crippen LogP contribution in [0.15, 0.2) is 65.7 Å². The van der Waals surface area contributed by atoms with Crippen molar-refractivity contribution in [2.45, 2.75) is 19.8 Å². The van der Waals surface area contributed by atoms with Gasteiger partial charge in [-0.25, -0.2) is 0 Å². The number of hydrogen-bond acceptors (Lipinski definition) is 3. The second kappa shape index (κ2) is 5.81. The number of aryl methyl sites for hydroxylation is 1. The van der Waals surface area contributed by atoms with Crippen LogP contribution in [0.2, 0.25) is 0 Å². The molecule has 0 saturated carbocycles. The molecule has 2 N–H and O–H groups in total. The average molecular weight is 353 g/mol. The van der Waals surface area contributed by atoms with Gasteiger partial charge >= 0.3 is 0 Å². The van der Waals surface area contributed by atoms with Gasteiger partial charge in [0.25, 0.3) is 0 Å². The highest BCUT2D eigenvalue weighted by Gasteiger charge is 2.41. The normalized spacial score (nSPS) is 18.1. The molecule has 0 bridgehead atoms. The molecule has 1 aliphatic carbocycles. The number of rotatable bonds is 2. The van der Waals surface area contributed by atoms with E-state index in [9.17, 15) is 4.79 Å². The number of nitrogens with zero attached hydrogens (tertiary/aromatic N) is 1. The van der Waals surface area contributed by atoms with Crippen molar-refractivity contribution in [3.8, 4) is 0 Å². The summed E-state index contributed by atoms with van der Waals surface area (Å²) in [6, 6.07) is 18.0. The SMILES string of the molecule is C/C(=C\c1ccccc1)C1C2=C(Nc3n[nH]c(C)c31)c1ccccc1C2=O. The van der Waals surface area contributed by atoms with Gasteiger partial charge in [0, 0.05) is 33.9 Å². The molecule has 1 atom stereocenters. The third-order valence-electron chi connectivity index (χ3n) is 5.42. The van der Waals surface area contributed by atoms with Crippen molar-refractivity contribution in [1.82, 2.24) is 10.2 Å². The first-order valence-corrected chi connectivity index (χ1v) is 9.08. The maximum atomic E-state index is 13.3. The standard InChI is InChI=1S/C23H19N3O/c1-13(12-15-8-4-3-5-9-15)18-19-14(2)25-26-23(19)24-21-16-10-6-7-11-17(16)22(27)20(18)21/h3-12,18H,1-2H3,(H2,24,25,26)/b13-12+. The Kier molecular flexibility index (Phi) is 3.41. The molecule has 132 valence electrons. The number of benzene rings is 2. The zero-order valence-corrected chi connectivity index (χ0v) is 15.2. The highest BCUT2D eigenvalue weighted by atomic mass is 16.1. The second-order valence-corrected chi connectivity index (χ2v) is 7.13. The van der Waals surface area contributed by atoms with Crippen LogP contribution in [0.3, 0.4) is 0 Å². The van der Waals surface area contributed by atoms with Gasteiger partial charge in [-0.15, -0.1) is 0 Å². The molecule has 4 heteroatoms. The predicted molar refractivity (Wildman–Crippen MR) is 107 cm³/mol. The van der Waals surface area contributed by atoms with E-state index in [1.165, 1.54) is 0 Å². The quantitative estimate of drug-likeness (QED) is 0.686. The molecular weight excluding hydrogens is 334 g/mol. The fourth-order valence-corrected chi connectivity index (χ4v) is 4.21. The molecular formula is C23H19N3O. The lowest BCUT2D eigenvalue weighted by Crippen LogP contribution is -2.18. The third kappa shape index (κ3) is 2.30. The van der Waals surface area contributed by atoms with E-state index in [2.05, 4.69) is 40.6 Å². The maximum absolute atomic E-state index is 13.3. The van der Waals surface area contributed by atoms with Crippen LogP contribution in [0.1, 0.15) is 45.6 Å². The fraction of sp³-hybridized carbons (Fsp3) is 0.130. The van der Waals surface area contributed by atoms with Gasteiger partial charge in [0.2, 0.25) is 0 Å². The Balaban J connectivity index is 1.72. The first kappa shape index (κ1) is 15.8. The van der Waals surface area contributed by atoms with Crippen LogP contribution in [0, 0.1) is 6.92 Å². The minimum absolute atomic E-state index is 0.102. The summed E-state index contributed by atoms with van der Waals surface area (Å²) in [6.45, 7) is 4.11. The van der Waals surface area contributed by atoms with Crippen molar-refractivity contribution in [2.24, 2.45) is 0 Å². The van der Waals surface area contributed by atoms with Crippen LogP contribution < -0.4 is 5.32 Å². The summed E-state index contributed by atoms with van der Waals surface area (Å²) >= 11 is 0. The molecule has 2 aromatic carbocycles. The number of hydrogen-bond donors (Lipinski definition) is 2. The monoisotopic (exact) mass is 353 g/mol. The van der Waals surface area contributed by atoms with Crippen molar-refractivity contribution in [3.05, 3.63) is 93.7 Å². The van der Waals surface area contributed by atoms with Crippen LogP contribution in [0.25, 0.3) is 11.8 Å². The van der Waals surface area contributed by atoms with E-state index in [4.69, 9.17) is 0 Å². The molecule has 2 aliphatic rings. The molecule has 0 saturated heterocycles. The smallest absolute Gasteiger partial charge is 0.192 e. The number of aromatic nitrogens is 2. The zero-order chi connectivity index (χ0) is 18.5. The number of carbonyl (C=O) groups is 1. The van der Waals surface area contributed by atoms with Crippen molar-refractivity contribution in [1.29, 1.82) is 0 Å². The Morgan fingerprint density at radius 3 is 2.52 bits per heavy atom. The first-order chi connectivity index (χ1) is 13.1. The van der Waals surface area contributed by atoms with Crippen LogP contribution in [-0.2, 0) is 0 Å². The predicted octanol–water partition coefficient (Wildman–Crippen LogP) is 4.94. The Morgan fingerprint density at radius 1 is 1.04 bits per heavy atom. The molecule has 0 fully saturated rings. The number of fused-ring (bicyclic) bond motifs is 3. The molecule has 5 rings (SSSR count). The Morgan fingerprint density at radius 2 is 1.74 bits per heavy atom. The van der Waals surface area contributed by atoms with Gasteiger partial charge < -0.3 is 5.32 Å². The van der Waals surface area contributed by atoms with E-state index >= 15 is 0 Å². The molecule has 2 heterocycles. The van der Waals surface area contributed by atoms with Crippen molar-refractivity contribution in [3.63, 3.8) is 0 Å². The van der Waals surface area contributed by atoms with Crippen LogP contribution in [0.4, 0.5) is 5.82 Å². The highest BCUT2D eigenvalue weighted by molar-refractivity contribution is 6.24. The zero-order valence-electron chi connectivity index (χ0n) is 15.2. The highest BCUT2D eigenvalue weighted by Crippen LogP contribution is 2.49. The van der Waals surface area contributed by atoms with Crippen molar-refractivity contribution in [2.75, 3.05) is 5.32 Å². The van der Waals surface area contributed by atoms with Crippen molar-refractivity contribution < 1.29 is 4.79 Å². The van der Waals surface area contributed by atoms with Gasteiger partial charge in [-0.3, -0.25) is 9.89 Å². The van der Waals surface area contributed by atoms with E-state index in [-0.39, 0.29) is 11.7 Å². The molecule has 0 radical (unpaired) electrons. The fourth-order valence-electron chi connectivity index (χ4n) is 4.21. The minimum atomic E-state index is -0.116. The molecule has 3 aromatic rings. The maximum Gasteiger partial charge on any atom is 0.192 e. The second-order valence-electron chi connectivity index (χ2n) is 7.13. The largest absolute Gasteiger partial charge is 0.338 e. The third-order valence-corrected chi connectivity index (χ3v) is 5.42. The number of allylic oxidation sites excluding steroid dienone is 2. The molecule has 1 aromatic heterocycles. The number of carbonyl (C=O) groups excluding carboxylic acids is 1. The molecule has 27 heavy (non-hydrogen) atoms. The molecule has 0 spiro atoms. The van der Waals surface area contributed by atoms with Gasteiger partial charge in [-0.1, -0.05) is 66.2 Å². The lowest BCUT2D eigenvalue weighted by molar-refractivity contribution is 0.103. The van der Waals surface area contributed by atoms with Gasteiger partial charge in [-0.2, -0.15) is 5.10 Å². The van der Waals surface area contributed by atoms with Crippen LogP contribution >= 0.6 is 0 Å². The molecule has 0 amide bonds. The van der Waals surface area contributed by atoms with Gasteiger partial charge in [0.1, 0.15) is 0 Å². The summed E-state index contributed by atoms with van der Waals surface area (Å²) in [7, 11) is 0. The first-order valence-electron chi connectivity index (χ1n) is 9.08. The van der Waals surface area contributed by atoms with Gasteiger partial charge in [-0.05, 0) is 19.4 Å². The number of anilines is 1. The number of nitrogens with one attached hydrogen (secondary N) is 2. The summed E-state index contributed by atoms with van der Waals surface area (Å²) in [5, 5.41) is 10.9. The number of Topliss-reactive ketones (excluding diaryl/α,β-unsaturated/α-hetero) is 1. The summed E-state index contributed by atoms with van der Waals surface area (Å²) in [4.78, 5) is 13.3. The minimum Gasteiger partial charge on any atom is -0.338 e. The van der Waals surface area contributed by atoms with E-state index in [1.54, 1.807) is 0 Å². The number of ketones is 1. The van der Waals surface area contributed by atoms with E-state index in [0.717, 1.165) is 50.6 Å². The summed E-state index contributed by atoms with van der Waals surface area (Å²) in [5.41, 5.74) is 7.72. The molecule has 4 nitrogen and oxygen atoms in total. The van der Waals surface area contributed by atoms with Crippen LogP contribution in [-0.4, -0.2) is 16.0 Å².